The normalized spacial score (nSPS) is 11.7. The lowest BCUT2D eigenvalue weighted by atomic mass is 10.2. The van der Waals surface area contributed by atoms with Gasteiger partial charge in [0.25, 0.3) is 0 Å². The third-order valence-corrected chi connectivity index (χ3v) is 2.39. The summed E-state index contributed by atoms with van der Waals surface area (Å²) in [5, 5.41) is 20.3. The summed E-state index contributed by atoms with van der Waals surface area (Å²) in [6.07, 6.45) is -0.130. The van der Waals surface area contributed by atoms with Crippen molar-refractivity contribution in [2.24, 2.45) is 0 Å². The van der Waals surface area contributed by atoms with Gasteiger partial charge in [-0.05, 0) is 31.2 Å². The highest BCUT2D eigenvalue weighted by Gasteiger charge is 2.15. The van der Waals surface area contributed by atoms with E-state index in [2.05, 4.69) is 5.32 Å². The molecule has 0 fully saturated rings. The molecule has 3 N–H and O–H groups in total. The third kappa shape index (κ3) is 3.97. The van der Waals surface area contributed by atoms with Gasteiger partial charge in [0.1, 0.15) is 5.75 Å². The van der Waals surface area contributed by atoms with Crippen LogP contribution < -0.4 is 10.2 Å². The molecule has 1 atom stereocenters. The average Bonchev–Trinajstić information content (AvgIpc) is 2.27. The Morgan fingerprint density at radius 3 is 2.39 bits per heavy atom. The van der Waals surface area contributed by atoms with Crippen molar-refractivity contribution < 1.29 is 19.8 Å². The molecule has 6 nitrogen and oxygen atoms in total. The number of aliphatic carboxylic acids is 1. The number of hydrogen-bond acceptors (Lipinski definition) is 3. The van der Waals surface area contributed by atoms with Crippen LogP contribution in [0.25, 0.3) is 0 Å². The van der Waals surface area contributed by atoms with Gasteiger partial charge in [-0.15, -0.1) is 0 Å². The SMILES string of the molecule is CC(CC(=O)O)NC(=O)N(C)c1ccc(O)cc1. The summed E-state index contributed by atoms with van der Waals surface area (Å²) in [5.41, 5.74) is 0.604. The van der Waals surface area contributed by atoms with Gasteiger partial charge in [0.05, 0.1) is 6.42 Å². The molecule has 2 amide bonds. The van der Waals surface area contributed by atoms with Crippen LogP contribution in [0.5, 0.6) is 5.75 Å². The predicted octanol–water partition coefficient (Wildman–Crippen LogP) is 1.40. The van der Waals surface area contributed by atoms with E-state index >= 15 is 0 Å². The zero-order chi connectivity index (χ0) is 13.7. The highest BCUT2D eigenvalue weighted by molar-refractivity contribution is 5.91. The van der Waals surface area contributed by atoms with Crippen molar-refractivity contribution in [3.63, 3.8) is 0 Å². The van der Waals surface area contributed by atoms with E-state index in [1.807, 2.05) is 0 Å². The van der Waals surface area contributed by atoms with Gasteiger partial charge < -0.3 is 15.5 Å². The first-order valence-electron chi connectivity index (χ1n) is 5.45. The Labute approximate surface area is 105 Å². The topological polar surface area (TPSA) is 89.9 Å². The number of carbonyl (C=O) groups excluding carboxylic acids is 1. The molecule has 1 unspecified atom stereocenters. The van der Waals surface area contributed by atoms with Crippen molar-refractivity contribution in [3.8, 4) is 5.75 Å². The molecule has 0 spiro atoms. The Balaban J connectivity index is 2.61. The van der Waals surface area contributed by atoms with Crippen LogP contribution in [-0.4, -0.2) is 35.3 Å². The number of urea groups is 1. The molecular formula is C12H16N2O4. The molecule has 0 saturated heterocycles. The Kier molecular flexibility index (Phi) is 4.53. The molecule has 0 aromatic heterocycles. The first-order chi connectivity index (χ1) is 8.40. The van der Waals surface area contributed by atoms with Gasteiger partial charge in [-0.3, -0.25) is 9.69 Å². The van der Waals surface area contributed by atoms with Gasteiger partial charge in [-0.25, -0.2) is 4.79 Å². The van der Waals surface area contributed by atoms with E-state index in [1.165, 1.54) is 17.0 Å². The van der Waals surface area contributed by atoms with Crippen LogP contribution in [0.3, 0.4) is 0 Å². The number of hydrogen-bond donors (Lipinski definition) is 3. The number of phenols is 1. The second-order valence-electron chi connectivity index (χ2n) is 4.02. The molecule has 0 heterocycles. The molecule has 1 aromatic rings. The number of rotatable bonds is 4. The van der Waals surface area contributed by atoms with E-state index in [0.717, 1.165) is 0 Å². The number of carboxylic acids is 1. The summed E-state index contributed by atoms with van der Waals surface area (Å²) >= 11 is 0. The molecule has 1 rings (SSSR count). The summed E-state index contributed by atoms with van der Waals surface area (Å²) in [7, 11) is 1.56. The maximum Gasteiger partial charge on any atom is 0.321 e. The molecule has 98 valence electrons. The first-order valence-corrected chi connectivity index (χ1v) is 5.45. The lowest BCUT2D eigenvalue weighted by Gasteiger charge is -2.20. The minimum absolute atomic E-state index is 0.117. The number of anilines is 1. The van der Waals surface area contributed by atoms with Crippen LogP contribution in [0.2, 0.25) is 0 Å². The van der Waals surface area contributed by atoms with Gasteiger partial charge in [0.15, 0.2) is 0 Å². The number of nitrogens with one attached hydrogen (secondary N) is 1. The van der Waals surface area contributed by atoms with Crippen molar-refractivity contribution in [2.75, 3.05) is 11.9 Å². The highest BCUT2D eigenvalue weighted by Crippen LogP contribution is 2.17. The number of amides is 2. The molecule has 0 saturated carbocycles. The Morgan fingerprint density at radius 2 is 1.89 bits per heavy atom. The van der Waals surface area contributed by atoms with Crippen LogP contribution >= 0.6 is 0 Å². The van der Waals surface area contributed by atoms with Gasteiger partial charge in [0, 0.05) is 18.8 Å². The van der Waals surface area contributed by atoms with Crippen molar-refractivity contribution in [2.45, 2.75) is 19.4 Å². The van der Waals surface area contributed by atoms with Crippen LogP contribution in [0.4, 0.5) is 10.5 Å². The molecule has 1 aromatic carbocycles. The molecule has 0 aliphatic heterocycles. The third-order valence-electron chi connectivity index (χ3n) is 2.39. The van der Waals surface area contributed by atoms with E-state index in [1.54, 1.807) is 26.1 Å². The van der Waals surface area contributed by atoms with E-state index in [0.29, 0.717) is 5.69 Å². The van der Waals surface area contributed by atoms with Gasteiger partial charge >= 0.3 is 12.0 Å². The Morgan fingerprint density at radius 1 is 1.33 bits per heavy atom. The second-order valence-corrected chi connectivity index (χ2v) is 4.02. The van der Waals surface area contributed by atoms with Crippen LogP contribution in [0.15, 0.2) is 24.3 Å². The zero-order valence-corrected chi connectivity index (χ0v) is 10.3. The van der Waals surface area contributed by atoms with Crippen LogP contribution in [0.1, 0.15) is 13.3 Å². The summed E-state index contributed by atoms with van der Waals surface area (Å²) < 4.78 is 0. The predicted molar refractivity (Wildman–Crippen MR) is 66.8 cm³/mol. The molecular weight excluding hydrogens is 236 g/mol. The lowest BCUT2D eigenvalue weighted by molar-refractivity contribution is -0.137. The Hall–Kier alpha value is -2.24. The van der Waals surface area contributed by atoms with Crippen LogP contribution in [-0.2, 0) is 4.79 Å². The number of phenolic OH excluding ortho intramolecular Hbond substituents is 1. The second kappa shape index (κ2) is 5.90. The number of carbonyl (C=O) groups is 2. The van der Waals surface area contributed by atoms with Gasteiger partial charge in [-0.2, -0.15) is 0 Å². The van der Waals surface area contributed by atoms with Crippen molar-refractivity contribution >= 4 is 17.7 Å². The summed E-state index contributed by atoms with van der Waals surface area (Å²) in [6.45, 7) is 1.62. The monoisotopic (exact) mass is 252 g/mol. The molecule has 6 heteroatoms. The molecule has 18 heavy (non-hydrogen) atoms. The first kappa shape index (κ1) is 13.8. The standard InChI is InChI=1S/C12H16N2O4/c1-8(7-11(16)17)13-12(18)14(2)9-3-5-10(15)6-4-9/h3-6,8,15H,7H2,1-2H3,(H,13,18)(H,16,17). The maximum atomic E-state index is 11.8. The van der Waals surface area contributed by atoms with Gasteiger partial charge in [0.2, 0.25) is 0 Å². The Bertz CT molecular complexity index is 430. The summed E-state index contributed by atoms with van der Waals surface area (Å²) in [5.74, 6) is -0.845. The maximum absolute atomic E-state index is 11.8. The fourth-order valence-electron chi connectivity index (χ4n) is 1.41. The fourth-order valence-corrected chi connectivity index (χ4v) is 1.41. The molecule has 0 aliphatic rings. The molecule has 0 bridgehead atoms. The molecule has 0 radical (unpaired) electrons. The minimum Gasteiger partial charge on any atom is -0.508 e. The highest BCUT2D eigenvalue weighted by atomic mass is 16.4. The van der Waals surface area contributed by atoms with E-state index in [-0.39, 0.29) is 12.2 Å². The smallest absolute Gasteiger partial charge is 0.321 e. The number of carboxylic acid groups (broad SMARTS) is 1. The van der Waals surface area contributed by atoms with Crippen molar-refractivity contribution in [1.82, 2.24) is 5.32 Å². The quantitative estimate of drug-likeness (QED) is 0.755. The fraction of sp³-hybridized carbons (Fsp3) is 0.333. The zero-order valence-electron chi connectivity index (χ0n) is 10.3. The van der Waals surface area contributed by atoms with E-state index in [4.69, 9.17) is 10.2 Å². The number of nitrogens with zero attached hydrogens (tertiary/aromatic N) is 1. The largest absolute Gasteiger partial charge is 0.508 e. The molecule has 0 aliphatic carbocycles. The van der Waals surface area contributed by atoms with Gasteiger partial charge in [-0.1, -0.05) is 0 Å². The summed E-state index contributed by atoms with van der Waals surface area (Å²) in [6, 6.07) is 5.29. The van der Waals surface area contributed by atoms with Crippen LogP contribution in [0, 0.1) is 0 Å². The van der Waals surface area contributed by atoms with Crippen molar-refractivity contribution in [3.05, 3.63) is 24.3 Å². The number of aromatic hydroxyl groups is 1. The average molecular weight is 252 g/mol. The lowest BCUT2D eigenvalue weighted by Crippen LogP contribution is -2.42. The van der Waals surface area contributed by atoms with Crippen molar-refractivity contribution in [1.29, 1.82) is 0 Å². The minimum atomic E-state index is -0.963. The number of benzene rings is 1. The van der Waals surface area contributed by atoms with E-state index in [9.17, 15) is 9.59 Å². The van der Waals surface area contributed by atoms with E-state index < -0.39 is 18.0 Å². The summed E-state index contributed by atoms with van der Waals surface area (Å²) in [4.78, 5) is 23.6.